The van der Waals surface area contributed by atoms with Crippen LogP contribution in [0.25, 0.3) is 0 Å². The number of amides is 1. The van der Waals surface area contributed by atoms with Crippen molar-refractivity contribution in [2.45, 2.75) is 26.7 Å². The monoisotopic (exact) mass is 188 g/mol. The van der Waals surface area contributed by atoms with Gasteiger partial charge in [0.05, 0.1) is 6.61 Å². The lowest BCUT2D eigenvalue weighted by Gasteiger charge is -2.07. The minimum absolute atomic E-state index is 0.0455. The second kappa shape index (κ2) is 8.01. The van der Waals surface area contributed by atoms with Crippen LogP contribution in [-0.4, -0.2) is 26.1 Å². The highest BCUT2D eigenvalue weighted by Gasteiger charge is 2.00. The summed E-state index contributed by atoms with van der Waals surface area (Å²) >= 11 is 0. The Balaban J connectivity index is 3.20. The van der Waals surface area contributed by atoms with E-state index in [1.54, 1.807) is 0 Å². The van der Waals surface area contributed by atoms with Crippen molar-refractivity contribution >= 4 is 5.91 Å². The first kappa shape index (κ1) is 12.4. The van der Waals surface area contributed by atoms with Gasteiger partial charge in [0.25, 0.3) is 0 Å². The maximum atomic E-state index is 11.0. The Bertz CT molecular complexity index is 138. The van der Waals surface area contributed by atoms with E-state index in [1.165, 1.54) is 0 Å². The van der Waals surface area contributed by atoms with Crippen molar-refractivity contribution in [1.29, 1.82) is 0 Å². The molecular formula is C9H20N2O2. The first-order valence-electron chi connectivity index (χ1n) is 4.72. The summed E-state index contributed by atoms with van der Waals surface area (Å²) in [5.41, 5.74) is 2.41. The number of hydrogen-bond donors (Lipinski definition) is 2. The SMILES string of the molecule is CNCCCC(=O)NOCC(C)C. The number of carbonyl (C=O) groups is 1. The molecule has 0 saturated heterocycles. The van der Waals surface area contributed by atoms with E-state index < -0.39 is 0 Å². The van der Waals surface area contributed by atoms with Crippen LogP contribution >= 0.6 is 0 Å². The molecule has 13 heavy (non-hydrogen) atoms. The van der Waals surface area contributed by atoms with E-state index in [0.29, 0.717) is 18.9 Å². The summed E-state index contributed by atoms with van der Waals surface area (Å²) in [7, 11) is 1.87. The Kier molecular flexibility index (Phi) is 7.63. The molecule has 2 N–H and O–H groups in total. The molecule has 0 bridgehead atoms. The van der Waals surface area contributed by atoms with E-state index in [0.717, 1.165) is 13.0 Å². The van der Waals surface area contributed by atoms with Crippen LogP contribution in [0.4, 0.5) is 0 Å². The van der Waals surface area contributed by atoms with Crippen LogP contribution in [0.1, 0.15) is 26.7 Å². The Labute approximate surface area is 80.0 Å². The zero-order valence-electron chi connectivity index (χ0n) is 8.72. The van der Waals surface area contributed by atoms with Gasteiger partial charge in [-0.3, -0.25) is 9.63 Å². The molecule has 0 rings (SSSR count). The third-order valence-corrected chi connectivity index (χ3v) is 1.43. The summed E-state index contributed by atoms with van der Waals surface area (Å²) in [5.74, 6) is 0.397. The molecule has 78 valence electrons. The van der Waals surface area contributed by atoms with Crippen molar-refractivity contribution in [3.05, 3.63) is 0 Å². The van der Waals surface area contributed by atoms with Crippen LogP contribution in [0.2, 0.25) is 0 Å². The largest absolute Gasteiger partial charge is 0.320 e. The molecule has 0 aromatic rings. The average molecular weight is 188 g/mol. The lowest BCUT2D eigenvalue weighted by atomic mass is 10.2. The van der Waals surface area contributed by atoms with E-state index in [-0.39, 0.29) is 5.91 Å². The zero-order valence-corrected chi connectivity index (χ0v) is 8.72. The van der Waals surface area contributed by atoms with Gasteiger partial charge in [0.1, 0.15) is 0 Å². The predicted octanol–water partition coefficient (Wildman–Crippen LogP) is 0.690. The smallest absolute Gasteiger partial charge is 0.243 e. The summed E-state index contributed by atoms with van der Waals surface area (Å²) in [6.45, 7) is 5.50. The second-order valence-electron chi connectivity index (χ2n) is 3.44. The van der Waals surface area contributed by atoms with Gasteiger partial charge in [0.2, 0.25) is 5.91 Å². The molecule has 4 heteroatoms. The van der Waals surface area contributed by atoms with E-state index in [2.05, 4.69) is 10.8 Å². The van der Waals surface area contributed by atoms with E-state index in [1.807, 2.05) is 20.9 Å². The van der Waals surface area contributed by atoms with Gasteiger partial charge >= 0.3 is 0 Å². The number of rotatable bonds is 7. The molecule has 4 nitrogen and oxygen atoms in total. The fraction of sp³-hybridized carbons (Fsp3) is 0.889. The molecule has 0 saturated carbocycles. The Hall–Kier alpha value is -0.610. The predicted molar refractivity (Wildman–Crippen MR) is 52.1 cm³/mol. The highest BCUT2D eigenvalue weighted by atomic mass is 16.6. The molecule has 0 aliphatic heterocycles. The minimum atomic E-state index is -0.0455. The molecule has 0 aliphatic rings. The molecule has 0 spiro atoms. The van der Waals surface area contributed by atoms with Gasteiger partial charge < -0.3 is 5.32 Å². The normalized spacial score (nSPS) is 10.5. The second-order valence-corrected chi connectivity index (χ2v) is 3.44. The fourth-order valence-electron chi connectivity index (χ4n) is 0.766. The molecule has 1 amide bonds. The topological polar surface area (TPSA) is 50.4 Å². The molecule has 0 radical (unpaired) electrons. The Morgan fingerprint density at radius 1 is 1.46 bits per heavy atom. The van der Waals surface area contributed by atoms with Gasteiger partial charge in [-0.1, -0.05) is 13.8 Å². The van der Waals surface area contributed by atoms with Crippen LogP contribution in [0.5, 0.6) is 0 Å². The maximum absolute atomic E-state index is 11.0. The average Bonchev–Trinajstić information content (AvgIpc) is 2.04. The standard InChI is InChI=1S/C9H20N2O2/c1-8(2)7-13-11-9(12)5-4-6-10-3/h8,10H,4-7H2,1-3H3,(H,11,12). The van der Waals surface area contributed by atoms with Crippen LogP contribution in [-0.2, 0) is 9.63 Å². The summed E-state index contributed by atoms with van der Waals surface area (Å²) < 4.78 is 0. The molecule has 0 fully saturated rings. The number of hydrogen-bond acceptors (Lipinski definition) is 3. The van der Waals surface area contributed by atoms with Crippen LogP contribution in [0, 0.1) is 5.92 Å². The Morgan fingerprint density at radius 3 is 2.69 bits per heavy atom. The van der Waals surface area contributed by atoms with E-state index in [4.69, 9.17) is 4.84 Å². The van der Waals surface area contributed by atoms with Crippen molar-refractivity contribution < 1.29 is 9.63 Å². The summed E-state index contributed by atoms with van der Waals surface area (Å²) in [6.07, 6.45) is 1.35. The lowest BCUT2D eigenvalue weighted by molar-refractivity contribution is -0.134. The molecule has 0 aromatic carbocycles. The summed E-state index contributed by atoms with van der Waals surface area (Å²) in [4.78, 5) is 16.0. The molecule has 0 aliphatic carbocycles. The number of carbonyl (C=O) groups excluding carboxylic acids is 1. The highest BCUT2D eigenvalue weighted by molar-refractivity contribution is 5.74. The lowest BCUT2D eigenvalue weighted by Crippen LogP contribution is -2.26. The van der Waals surface area contributed by atoms with Crippen LogP contribution in [0.3, 0.4) is 0 Å². The van der Waals surface area contributed by atoms with Gasteiger partial charge in [0.15, 0.2) is 0 Å². The van der Waals surface area contributed by atoms with Gasteiger partial charge in [-0.15, -0.1) is 0 Å². The van der Waals surface area contributed by atoms with Gasteiger partial charge in [-0.2, -0.15) is 0 Å². The third kappa shape index (κ3) is 9.30. The van der Waals surface area contributed by atoms with Crippen molar-refractivity contribution in [2.24, 2.45) is 5.92 Å². The van der Waals surface area contributed by atoms with Crippen molar-refractivity contribution in [1.82, 2.24) is 10.8 Å². The van der Waals surface area contributed by atoms with Gasteiger partial charge in [-0.25, -0.2) is 5.48 Å². The fourth-order valence-corrected chi connectivity index (χ4v) is 0.766. The van der Waals surface area contributed by atoms with Crippen LogP contribution < -0.4 is 10.8 Å². The molecule has 0 unspecified atom stereocenters. The number of nitrogens with one attached hydrogen (secondary N) is 2. The molecule has 0 atom stereocenters. The van der Waals surface area contributed by atoms with E-state index >= 15 is 0 Å². The van der Waals surface area contributed by atoms with Gasteiger partial charge in [0, 0.05) is 6.42 Å². The van der Waals surface area contributed by atoms with Crippen LogP contribution in [0.15, 0.2) is 0 Å². The number of hydroxylamine groups is 1. The molecular weight excluding hydrogens is 168 g/mol. The first-order valence-corrected chi connectivity index (χ1v) is 4.72. The van der Waals surface area contributed by atoms with Crippen molar-refractivity contribution in [2.75, 3.05) is 20.2 Å². The first-order chi connectivity index (χ1) is 6.16. The zero-order chi connectivity index (χ0) is 10.1. The third-order valence-electron chi connectivity index (χ3n) is 1.43. The highest BCUT2D eigenvalue weighted by Crippen LogP contribution is 1.91. The summed E-state index contributed by atoms with van der Waals surface area (Å²) in [6, 6.07) is 0. The van der Waals surface area contributed by atoms with Gasteiger partial charge in [-0.05, 0) is 25.9 Å². The molecule has 0 heterocycles. The minimum Gasteiger partial charge on any atom is -0.320 e. The van der Waals surface area contributed by atoms with Crippen molar-refractivity contribution in [3.63, 3.8) is 0 Å². The quantitative estimate of drug-likeness (QED) is 0.456. The summed E-state index contributed by atoms with van der Waals surface area (Å²) in [5, 5.41) is 2.98. The van der Waals surface area contributed by atoms with Crippen molar-refractivity contribution in [3.8, 4) is 0 Å². The maximum Gasteiger partial charge on any atom is 0.243 e. The molecule has 0 aromatic heterocycles. The Morgan fingerprint density at radius 2 is 2.15 bits per heavy atom. The van der Waals surface area contributed by atoms with E-state index in [9.17, 15) is 4.79 Å².